The number of benzene rings is 2. The van der Waals surface area contributed by atoms with Gasteiger partial charge in [-0.25, -0.2) is 0 Å². The minimum atomic E-state index is -4.71. The molecular formula is C16H13F3NO2. The lowest BCUT2D eigenvalue weighted by Gasteiger charge is -2.09. The maximum Gasteiger partial charge on any atom is 0.573 e. The van der Waals surface area contributed by atoms with E-state index in [9.17, 15) is 13.2 Å². The zero-order valence-corrected chi connectivity index (χ0v) is 11.7. The molecule has 0 N–H and O–H groups in total. The molecule has 2 aromatic carbocycles. The highest BCUT2D eigenvalue weighted by Crippen LogP contribution is 2.23. The van der Waals surface area contributed by atoms with Crippen LogP contribution in [0.2, 0.25) is 0 Å². The first kappa shape index (κ1) is 15.9. The number of nitrogens with zero attached hydrogens (tertiary/aromatic N) is 1. The van der Waals surface area contributed by atoms with Crippen LogP contribution in [-0.2, 0) is 11.4 Å². The monoisotopic (exact) mass is 308 g/mol. The second-order valence-corrected chi connectivity index (χ2v) is 4.54. The molecule has 22 heavy (non-hydrogen) atoms. The summed E-state index contributed by atoms with van der Waals surface area (Å²) < 4.78 is 40.2. The Morgan fingerprint density at radius 3 is 2.50 bits per heavy atom. The van der Waals surface area contributed by atoms with Gasteiger partial charge in [0.05, 0.1) is 0 Å². The van der Waals surface area contributed by atoms with Gasteiger partial charge in [-0.2, -0.15) is 0 Å². The number of rotatable bonds is 5. The number of alkyl halides is 3. The van der Waals surface area contributed by atoms with Gasteiger partial charge >= 0.3 is 6.36 Å². The smallest absolute Gasteiger partial charge is 0.406 e. The van der Waals surface area contributed by atoms with E-state index in [1.165, 1.54) is 18.2 Å². The third kappa shape index (κ3) is 5.47. The summed E-state index contributed by atoms with van der Waals surface area (Å²) in [7, 11) is 0. The van der Waals surface area contributed by atoms with E-state index >= 15 is 0 Å². The van der Waals surface area contributed by atoms with Gasteiger partial charge in [0.25, 0.3) is 0 Å². The Hall–Kier alpha value is -2.50. The Balaban J connectivity index is 1.89. The van der Waals surface area contributed by atoms with Crippen LogP contribution in [0.4, 0.5) is 13.2 Å². The number of hydrogen-bond donors (Lipinski definition) is 0. The SMILES string of the molecule is Cc1ccc(/[C]=N\OCc2cccc(OC(F)(F)F)c2)cc1. The predicted molar refractivity (Wildman–Crippen MR) is 75.6 cm³/mol. The normalized spacial score (nSPS) is 11.6. The molecule has 6 heteroatoms. The Kier molecular flexibility index (Phi) is 5.04. The molecule has 0 spiro atoms. The van der Waals surface area contributed by atoms with Gasteiger partial charge in [0.1, 0.15) is 18.6 Å². The van der Waals surface area contributed by atoms with Gasteiger partial charge in [-0.15, -0.1) is 13.2 Å². The molecule has 0 amide bonds. The van der Waals surface area contributed by atoms with Crippen molar-refractivity contribution in [2.24, 2.45) is 5.16 Å². The molecule has 1 radical (unpaired) electrons. The molecule has 0 atom stereocenters. The van der Waals surface area contributed by atoms with E-state index in [-0.39, 0.29) is 12.4 Å². The summed E-state index contributed by atoms with van der Waals surface area (Å²) >= 11 is 0. The highest BCUT2D eigenvalue weighted by atomic mass is 19.4. The molecule has 0 aromatic heterocycles. The maximum absolute atomic E-state index is 12.1. The van der Waals surface area contributed by atoms with E-state index in [1.54, 1.807) is 6.07 Å². The Labute approximate surface area is 126 Å². The maximum atomic E-state index is 12.1. The Morgan fingerprint density at radius 2 is 1.82 bits per heavy atom. The minimum absolute atomic E-state index is 0.0217. The molecule has 3 nitrogen and oxygen atoms in total. The molecular weight excluding hydrogens is 295 g/mol. The van der Waals surface area contributed by atoms with Gasteiger partial charge < -0.3 is 9.57 Å². The van der Waals surface area contributed by atoms with Gasteiger partial charge in [-0.3, -0.25) is 0 Å². The summed E-state index contributed by atoms with van der Waals surface area (Å²) in [5.74, 6) is -0.292. The molecule has 0 bridgehead atoms. The van der Waals surface area contributed by atoms with E-state index in [2.05, 4.69) is 16.1 Å². The van der Waals surface area contributed by atoms with Crippen molar-refractivity contribution in [2.45, 2.75) is 19.9 Å². The molecule has 0 aliphatic heterocycles. The summed E-state index contributed by atoms with van der Waals surface area (Å²) in [5, 5.41) is 3.66. The molecule has 0 heterocycles. The number of halogens is 3. The molecule has 0 saturated carbocycles. The third-order valence-electron chi connectivity index (χ3n) is 2.65. The second kappa shape index (κ2) is 6.98. The van der Waals surface area contributed by atoms with E-state index < -0.39 is 6.36 Å². The molecule has 2 aromatic rings. The Bertz CT molecular complexity index is 637. The topological polar surface area (TPSA) is 30.8 Å². The number of ether oxygens (including phenoxy) is 1. The van der Waals surface area contributed by atoms with E-state index in [1.807, 2.05) is 31.2 Å². The van der Waals surface area contributed by atoms with Crippen molar-refractivity contribution in [1.29, 1.82) is 0 Å². The lowest BCUT2D eigenvalue weighted by molar-refractivity contribution is -0.274. The lowest BCUT2D eigenvalue weighted by atomic mass is 10.2. The Morgan fingerprint density at radius 1 is 1.09 bits per heavy atom. The zero-order valence-electron chi connectivity index (χ0n) is 11.7. The van der Waals surface area contributed by atoms with Crippen LogP contribution in [0.5, 0.6) is 5.75 Å². The fraction of sp³-hybridized carbons (Fsp3) is 0.188. The van der Waals surface area contributed by atoms with Gasteiger partial charge in [-0.05, 0) is 24.6 Å². The molecule has 0 unspecified atom stereocenters. The van der Waals surface area contributed by atoms with Crippen LogP contribution in [0.3, 0.4) is 0 Å². The van der Waals surface area contributed by atoms with Crippen molar-refractivity contribution in [1.82, 2.24) is 0 Å². The van der Waals surface area contributed by atoms with E-state index in [0.29, 0.717) is 5.56 Å². The van der Waals surface area contributed by atoms with Crippen LogP contribution in [0.15, 0.2) is 53.7 Å². The molecule has 2 rings (SSSR count). The fourth-order valence-corrected chi connectivity index (χ4v) is 1.65. The summed E-state index contributed by atoms with van der Waals surface area (Å²) in [6, 6.07) is 13.0. The van der Waals surface area contributed by atoms with Crippen molar-refractivity contribution >= 4 is 6.21 Å². The van der Waals surface area contributed by atoms with E-state index in [0.717, 1.165) is 11.1 Å². The lowest BCUT2D eigenvalue weighted by Crippen LogP contribution is -2.17. The highest BCUT2D eigenvalue weighted by molar-refractivity contribution is 5.79. The van der Waals surface area contributed by atoms with Crippen LogP contribution in [0.1, 0.15) is 16.7 Å². The summed E-state index contributed by atoms with van der Waals surface area (Å²) in [6.45, 7) is 1.99. The van der Waals surface area contributed by atoms with Gasteiger partial charge in [0, 0.05) is 5.56 Å². The first-order chi connectivity index (χ1) is 10.4. The highest BCUT2D eigenvalue weighted by Gasteiger charge is 2.31. The van der Waals surface area contributed by atoms with Crippen LogP contribution < -0.4 is 4.74 Å². The third-order valence-corrected chi connectivity index (χ3v) is 2.65. The van der Waals surface area contributed by atoms with Crippen LogP contribution in [0.25, 0.3) is 0 Å². The van der Waals surface area contributed by atoms with E-state index in [4.69, 9.17) is 4.84 Å². The first-order valence-corrected chi connectivity index (χ1v) is 6.42. The van der Waals surface area contributed by atoms with Crippen molar-refractivity contribution in [3.8, 4) is 5.75 Å². The van der Waals surface area contributed by atoms with Crippen molar-refractivity contribution in [2.75, 3.05) is 0 Å². The fourth-order valence-electron chi connectivity index (χ4n) is 1.65. The van der Waals surface area contributed by atoms with Gasteiger partial charge in [0.2, 0.25) is 0 Å². The predicted octanol–water partition coefficient (Wildman–Crippen LogP) is 4.32. The van der Waals surface area contributed by atoms with Crippen molar-refractivity contribution in [3.05, 3.63) is 65.2 Å². The molecule has 0 aliphatic carbocycles. The molecule has 0 saturated heterocycles. The number of aryl methyl sites for hydroxylation is 1. The van der Waals surface area contributed by atoms with Crippen molar-refractivity contribution in [3.63, 3.8) is 0 Å². The summed E-state index contributed by atoms with van der Waals surface area (Å²) in [4.78, 5) is 5.02. The average molecular weight is 308 g/mol. The van der Waals surface area contributed by atoms with Crippen LogP contribution in [-0.4, -0.2) is 12.6 Å². The summed E-state index contributed by atoms with van der Waals surface area (Å²) in [5.41, 5.74) is 2.38. The minimum Gasteiger partial charge on any atom is -0.406 e. The van der Waals surface area contributed by atoms with Gasteiger partial charge in [0.15, 0.2) is 0 Å². The van der Waals surface area contributed by atoms with Crippen LogP contribution in [0, 0.1) is 6.92 Å². The molecule has 115 valence electrons. The molecule has 0 fully saturated rings. The van der Waals surface area contributed by atoms with Crippen molar-refractivity contribution < 1.29 is 22.7 Å². The van der Waals surface area contributed by atoms with Gasteiger partial charge in [-0.1, -0.05) is 47.1 Å². The average Bonchev–Trinajstić information content (AvgIpc) is 2.44. The second-order valence-electron chi connectivity index (χ2n) is 4.54. The molecule has 0 aliphatic rings. The first-order valence-electron chi connectivity index (χ1n) is 6.42. The number of hydrogen-bond acceptors (Lipinski definition) is 3. The van der Waals surface area contributed by atoms with Crippen LogP contribution >= 0.6 is 0 Å². The zero-order chi connectivity index (χ0) is 16.0. The largest absolute Gasteiger partial charge is 0.573 e. The standard InChI is InChI=1S/C16H13F3NO2/c1-12-5-7-13(8-6-12)10-20-21-11-14-3-2-4-15(9-14)22-16(17,18)19/h2-9H,11H2,1H3. The summed E-state index contributed by atoms with van der Waals surface area (Å²) in [6.07, 6.45) is -2.02. The quantitative estimate of drug-likeness (QED) is 0.608.